The summed E-state index contributed by atoms with van der Waals surface area (Å²) in [6.45, 7) is 0.0756. The van der Waals surface area contributed by atoms with Gasteiger partial charge in [-0.15, -0.1) is 0 Å². The van der Waals surface area contributed by atoms with Gasteiger partial charge in [0.25, 0.3) is 5.91 Å². The molecule has 0 saturated heterocycles. The first-order valence-corrected chi connectivity index (χ1v) is 15.6. The summed E-state index contributed by atoms with van der Waals surface area (Å²) >= 11 is 3.59. The van der Waals surface area contributed by atoms with Crippen molar-refractivity contribution in [1.82, 2.24) is 10.9 Å². The quantitative estimate of drug-likeness (QED) is 0.107. The van der Waals surface area contributed by atoms with Crippen LogP contribution in [0.2, 0.25) is 0 Å². The number of carbonyl (C=O) groups is 1. The summed E-state index contributed by atoms with van der Waals surface area (Å²) in [6, 6.07) is 26.7. The largest absolute Gasteiger partial charge is 0.497 e. The van der Waals surface area contributed by atoms with Crippen LogP contribution in [0.15, 0.2) is 107 Å². The molecule has 0 radical (unpaired) electrons. The fourth-order valence-corrected chi connectivity index (χ4v) is 5.72. The van der Waals surface area contributed by atoms with Gasteiger partial charge in [-0.05, 0) is 65.2 Å². The Morgan fingerprint density at radius 2 is 1.70 bits per heavy atom. The first-order valence-electron chi connectivity index (χ1n) is 14.8. The van der Waals surface area contributed by atoms with Crippen molar-refractivity contribution in [2.75, 3.05) is 20.3 Å². The number of nitrogens with zero attached hydrogens (tertiary/aromatic N) is 1. The summed E-state index contributed by atoms with van der Waals surface area (Å²) in [5.74, 6) is 0.723. The smallest absolute Gasteiger partial charge is 0.416 e. The number of ether oxygens (including phenoxy) is 3. The monoisotopic (exact) mass is 711 g/mol. The Morgan fingerprint density at radius 1 is 0.979 bits per heavy atom. The molecule has 12 heteroatoms. The molecule has 0 bridgehead atoms. The van der Waals surface area contributed by atoms with Gasteiger partial charge in [0.2, 0.25) is 5.90 Å². The molecule has 5 rings (SSSR count). The number of aliphatic hydroxyl groups excluding tert-OH is 1. The minimum absolute atomic E-state index is 0.0137. The van der Waals surface area contributed by atoms with Crippen LogP contribution in [0.3, 0.4) is 0 Å². The fourth-order valence-electron chi connectivity index (χ4n) is 5.30. The molecule has 0 spiro atoms. The van der Waals surface area contributed by atoms with Crippen molar-refractivity contribution in [1.29, 1.82) is 0 Å². The van der Waals surface area contributed by atoms with Crippen LogP contribution in [0.25, 0.3) is 0 Å². The Morgan fingerprint density at radius 3 is 2.40 bits per heavy atom. The Balaban J connectivity index is 1.54. The maximum atomic E-state index is 14.4. The lowest BCUT2D eigenvalue weighted by atomic mass is 9.82. The number of aliphatic imine (C=N–C) groups is 1. The van der Waals surface area contributed by atoms with Crippen molar-refractivity contribution >= 4 is 27.7 Å². The van der Waals surface area contributed by atoms with Crippen molar-refractivity contribution in [3.05, 3.63) is 129 Å². The Labute approximate surface area is 278 Å². The van der Waals surface area contributed by atoms with Crippen molar-refractivity contribution in [2.45, 2.75) is 37.2 Å². The van der Waals surface area contributed by atoms with Gasteiger partial charge in [0.15, 0.2) is 11.6 Å². The number of nitrogens with one attached hydrogen (secondary N) is 2. The molecule has 1 aliphatic rings. The van der Waals surface area contributed by atoms with E-state index in [1.165, 1.54) is 25.3 Å². The summed E-state index contributed by atoms with van der Waals surface area (Å²) in [7, 11) is 1.53. The number of amides is 1. The normalized spacial score (nSPS) is 17.5. The highest BCUT2D eigenvalue weighted by atomic mass is 79.9. The number of hydrogen-bond donors (Lipinski definition) is 3. The first kappa shape index (κ1) is 34.0. The van der Waals surface area contributed by atoms with Crippen LogP contribution in [0, 0.1) is 0 Å². The number of hydrazine groups is 1. The zero-order chi connectivity index (χ0) is 33.4. The van der Waals surface area contributed by atoms with Gasteiger partial charge in [-0.2, -0.15) is 13.2 Å². The molecular weight excluding hydrogens is 679 g/mol. The topological polar surface area (TPSA) is 101 Å². The lowest BCUT2D eigenvalue weighted by Crippen LogP contribution is -2.53. The maximum absolute atomic E-state index is 14.4. The zero-order valence-electron chi connectivity index (χ0n) is 25.4. The molecule has 0 aliphatic carbocycles. The maximum Gasteiger partial charge on any atom is 0.416 e. The summed E-state index contributed by atoms with van der Waals surface area (Å²) in [5.41, 5.74) is 4.86. The van der Waals surface area contributed by atoms with Crippen LogP contribution in [0.1, 0.15) is 40.3 Å². The number of carbonyl (C=O) groups excluding carboxylic acids is 1. The minimum Gasteiger partial charge on any atom is -0.497 e. The molecule has 4 aromatic rings. The lowest BCUT2D eigenvalue weighted by molar-refractivity contribution is -0.138. The summed E-state index contributed by atoms with van der Waals surface area (Å²) < 4.78 is 59.3. The van der Waals surface area contributed by atoms with Gasteiger partial charge in [-0.3, -0.25) is 10.2 Å². The molecule has 1 heterocycles. The third kappa shape index (κ3) is 7.95. The highest BCUT2D eigenvalue weighted by Crippen LogP contribution is 2.44. The van der Waals surface area contributed by atoms with Crippen LogP contribution in [-0.4, -0.2) is 42.8 Å². The van der Waals surface area contributed by atoms with E-state index in [-0.39, 0.29) is 31.0 Å². The molecule has 4 aromatic carbocycles. The molecular formula is C35H33BrF3N3O5. The van der Waals surface area contributed by atoms with E-state index >= 15 is 0 Å². The SMILES string of the molecule is COc1cccc([C@@H]2OC(c3ccc(OCCCO)cc3)=N[C@]2(Cc2ccccc2Br)C(=O)NNCc2ccccc2C(F)(F)F)c1. The van der Waals surface area contributed by atoms with E-state index in [0.29, 0.717) is 35.7 Å². The van der Waals surface area contributed by atoms with E-state index in [2.05, 4.69) is 26.8 Å². The second-order valence-electron chi connectivity index (χ2n) is 10.8. The number of aliphatic hydroxyl groups is 1. The number of methoxy groups -OCH3 is 1. The molecule has 246 valence electrons. The van der Waals surface area contributed by atoms with Crippen LogP contribution in [0.5, 0.6) is 11.5 Å². The Bertz CT molecular complexity index is 1720. The van der Waals surface area contributed by atoms with Crippen LogP contribution >= 0.6 is 15.9 Å². The average molecular weight is 713 g/mol. The Hall–Kier alpha value is -4.39. The highest BCUT2D eigenvalue weighted by Gasteiger charge is 2.53. The summed E-state index contributed by atoms with van der Waals surface area (Å²) in [4.78, 5) is 19.4. The van der Waals surface area contributed by atoms with E-state index in [9.17, 15) is 18.0 Å². The number of benzene rings is 4. The van der Waals surface area contributed by atoms with Gasteiger partial charge < -0.3 is 19.3 Å². The van der Waals surface area contributed by atoms with Crippen molar-refractivity contribution in [3.8, 4) is 11.5 Å². The van der Waals surface area contributed by atoms with Crippen LogP contribution < -0.4 is 20.3 Å². The van der Waals surface area contributed by atoms with Crippen molar-refractivity contribution in [2.24, 2.45) is 4.99 Å². The van der Waals surface area contributed by atoms with Gasteiger partial charge in [0.1, 0.15) is 11.5 Å². The van der Waals surface area contributed by atoms with Crippen molar-refractivity contribution < 1.29 is 37.3 Å². The standard InChI is InChI=1S/C35H33BrF3N3O5/c1-45-28-11-6-10-24(20-28)31-34(21-25-8-3-5-13-30(25)36,33(44)42-40-22-26-9-2-4-12-29(26)35(37,38)39)41-32(47-31)23-14-16-27(17-15-23)46-19-7-18-43/h2-6,8-17,20,31,40,43H,7,18-19,21-22H2,1H3,(H,42,44)/t31-,34-/m0/s1. The molecule has 0 saturated carbocycles. The zero-order valence-corrected chi connectivity index (χ0v) is 27.0. The van der Waals surface area contributed by atoms with Crippen molar-refractivity contribution in [3.63, 3.8) is 0 Å². The molecule has 1 amide bonds. The summed E-state index contributed by atoms with van der Waals surface area (Å²) in [5, 5.41) is 9.05. The second kappa shape index (κ2) is 15.0. The van der Waals surface area contributed by atoms with Gasteiger partial charge >= 0.3 is 6.18 Å². The Kier molecular flexibility index (Phi) is 10.8. The number of rotatable bonds is 13. The number of halogens is 4. The van der Waals surface area contributed by atoms with Gasteiger partial charge in [0, 0.05) is 36.0 Å². The molecule has 8 nitrogen and oxygen atoms in total. The average Bonchev–Trinajstić information content (AvgIpc) is 3.46. The highest BCUT2D eigenvalue weighted by molar-refractivity contribution is 9.10. The lowest BCUT2D eigenvalue weighted by Gasteiger charge is -2.31. The molecule has 0 unspecified atom stereocenters. The van der Waals surface area contributed by atoms with E-state index in [1.54, 1.807) is 48.5 Å². The molecule has 0 fully saturated rings. The van der Waals surface area contributed by atoms with Gasteiger partial charge in [-0.1, -0.05) is 64.5 Å². The van der Waals surface area contributed by atoms with E-state index in [1.807, 2.05) is 24.3 Å². The second-order valence-corrected chi connectivity index (χ2v) is 11.7. The minimum atomic E-state index is -4.56. The van der Waals surface area contributed by atoms with Crippen LogP contribution in [-0.2, 0) is 28.7 Å². The molecule has 3 N–H and O–H groups in total. The number of hydrogen-bond acceptors (Lipinski definition) is 7. The molecule has 0 aromatic heterocycles. The third-order valence-corrected chi connectivity index (χ3v) is 8.42. The number of alkyl halides is 3. The predicted molar refractivity (Wildman–Crippen MR) is 174 cm³/mol. The summed E-state index contributed by atoms with van der Waals surface area (Å²) in [6.07, 6.45) is -4.94. The van der Waals surface area contributed by atoms with Gasteiger partial charge in [-0.25, -0.2) is 10.4 Å². The molecule has 47 heavy (non-hydrogen) atoms. The van der Waals surface area contributed by atoms with Gasteiger partial charge in [0.05, 0.1) is 19.3 Å². The van der Waals surface area contributed by atoms with Crippen LogP contribution in [0.4, 0.5) is 13.2 Å². The van der Waals surface area contributed by atoms with E-state index in [0.717, 1.165) is 16.1 Å². The van der Waals surface area contributed by atoms with E-state index < -0.39 is 29.3 Å². The fraction of sp³-hybridized carbons (Fsp3) is 0.257. The van der Waals surface area contributed by atoms with E-state index in [4.69, 9.17) is 24.3 Å². The first-order chi connectivity index (χ1) is 22.6. The predicted octanol–water partition coefficient (Wildman–Crippen LogP) is 6.56. The molecule has 1 aliphatic heterocycles. The molecule has 2 atom stereocenters. The third-order valence-electron chi connectivity index (χ3n) is 7.65.